The van der Waals surface area contributed by atoms with Crippen LogP contribution in [-0.2, 0) is 7.05 Å². The van der Waals surface area contributed by atoms with Crippen LogP contribution in [-0.4, -0.2) is 39.9 Å². The molecule has 6 heteroatoms. The Kier molecular flexibility index (Phi) is 4.74. The molecule has 1 fully saturated rings. The van der Waals surface area contributed by atoms with Gasteiger partial charge in [-0.2, -0.15) is 5.10 Å². The summed E-state index contributed by atoms with van der Waals surface area (Å²) >= 11 is 0. The Morgan fingerprint density at radius 1 is 1.25 bits per heavy atom. The number of nitrogens with one attached hydrogen (secondary N) is 1. The summed E-state index contributed by atoms with van der Waals surface area (Å²) in [4.78, 5) is 14.1. The highest BCUT2D eigenvalue weighted by atomic mass is 16.5. The highest BCUT2D eigenvalue weighted by Crippen LogP contribution is 2.26. The number of para-hydroxylation sites is 1. The second kappa shape index (κ2) is 6.95. The fourth-order valence-corrected chi connectivity index (χ4v) is 3.02. The summed E-state index contributed by atoms with van der Waals surface area (Å²) in [5.41, 5.74) is 3.04. The summed E-state index contributed by atoms with van der Waals surface area (Å²) in [7, 11) is 1.83. The van der Waals surface area contributed by atoms with Crippen molar-refractivity contribution < 1.29 is 9.53 Å². The van der Waals surface area contributed by atoms with Gasteiger partial charge in [-0.1, -0.05) is 18.2 Å². The van der Waals surface area contributed by atoms with Gasteiger partial charge in [0.15, 0.2) is 0 Å². The fourth-order valence-electron chi connectivity index (χ4n) is 3.02. The predicted octanol–water partition coefficient (Wildman–Crippen LogP) is 3.11. The van der Waals surface area contributed by atoms with E-state index in [-0.39, 0.29) is 12.1 Å². The molecule has 1 N–H and O–H groups in total. The van der Waals surface area contributed by atoms with Gasteiger partial charge in [0.25, 0.3) is 0 Å². The molecule has 1 aliphatic heterocycles. The lowest BCUT2D eigenvalue weighted by atomic mass is 10.1. The Morgan fingerprint density at radius 3 is 2.50 bits per heavy atom. The van der Waals surface area contributed by atoms with E-state index in [9.17, 15) is 4.79 Å². The minimum Gasteiger partial charge on any atom is -0.490 e. The second-order valence-electron chi connectivity index (χ2n) is 6.36. The van der Waals surface area contributed by atoms with Gasteiger partial charge in [0.2, 0.25) is 0 Å². The molecule has 0 saturated carbocycles. The lowest BCUT2D eigenvalue weighted by Crippen LogP contribution is -2.43. The zero-order valence-corrected chi connectivity index (χ0v) is 14.5. The molecule has 128 valence electrons. The van der Waals surface area contributed by atoms with Crippen molar-refractivity contribution in [2.45, 2.75) is 32.8 Å². The first-order valence-corrected chi connectivity index (χ1v) is 8.30. The molecule has 0 aliphatic carbocycles. The molecular weight excluding hydrogens is 304 g/mol. The van der Waals surface area contributed by atoms with Crippen LogP contribution in [0.2, 0.25) is 0 Å². The quantitative estimate of drug-likeness (QED) is 0.942. The molecule has 1 aromatic heterocycles. The van der Waals surface area contributed by atoms with Crippen LogP contribution in [0.5, 0.6) is 5.75 Å². The normalized spacial score (nSPS) is 15.4. The minimum atomic E-state index is -0.0754. The number of carbonyl (C=O) groups excluding carboxylic acids is 1. The van der Waals surface area contributed by atoms with Crippen molar-refractivity contribution in [3.05, 3.63) is 41.7 Å². The number of likely N-dealkylation sites (tertiary alicyclic amines) is 1. The first kappa shape index (κ1) is 16.4. The first-order chi connectivity index (χ1) is 11.5. The number of aryl methyl sites for hydroxylation is 3. The van der Waals surface area contributed by atoms with Gasteiger partial charge in [-0.15, -0.1) is 0 Å². The third kappa shape index (κ3) is 3.69. The number of nitrogens with zero attached hydrogens (tertiary/aromatic N) is 3. The van der Waals surface area contributed by atoms with Crippen LogP contribution in [0.3, 0.4) is 0 Å². The van der Waals surface area contributed by atoms with Crippen LogP contribution in [0.4, 0.5) is 10.5 Å². The molecule has 2 heterocycles. The summed E-state index contributed by atoms with van der Waals surface area (Å²) in [6.07, 6.45) is 5.28. The fraction of sp³-hybridized carbons (Fsp3) is 0.444. The number of piperidine rings is 1. The van der Waals surface area contributed by atoms with Gasteiger partial charge in [-0.05, 0) is 25.0 Å². The molecular formula is C18H24N4O2. The Morgan fingerprint density at radius 2 is 1.92 bits per heavy atom. The van der Waals surface area contributed by atoms with Crippen molar-refractivity contribution in [3.63, 3.8) is 0 Å². The maximum atomic E-state index is 12.3. The molecule has 3 rings (SSSR count). The number of benzene rings is 1. The summed E-state index contributed by atoms with van der Waals surface area (Å²) in [5.74, 6) is 0.982. The highest BCUT2D eigenvalue weighted by Gasteiger charge is 2.24. The van der Waals surface area contributed by atoms with Crippen LogP contribution in [0.1, 0.15) is 24.0 Å². The van der Waals surface area contributed by atoms with E-state index in [1.807, 2.05) is 18.0 Å². The smallest absolute Gasteiger partial charge is 0.321 e. The maximum absolute atomic E-state index is 12.3. The molecule has 2 amide bonds. The van der Waals surface area contributed by atoms with Gasteiger partial charge in [0, 0.05) is 39.2 Å². The number of amides is 2. The predicted molar refractivity (Wildman–Crippen MR) is 93.4 cm³/mol. The summed E-state index contributed by atoms with van der Waals surface area (Å²) in [6, 6.07) is 6.11. The summed E-state index contributed by atoms with van der Waals surface area (Å²) in [5, 5.41) is 6.93. The van der Waals surface area contributed by atoms with Gasteiger partial charge in [-0.25, -0.2) is 4.79 Å². The third-order valence-electron chi connectivity index (χ3n) is 4.38. The maximum Gasteiger partial charge on any atom is 0.321 e. The Labute approximate surface area is 142 Å². The standard InChI is InChI=1S/C18H24N4O2/c1-13-5-4-6-14(2)17(13)24-16-7-9-22(10-8-16)18(23)20-15-11-19-21(3)12-15/h4-6,11-12,16H,7-10H2,1-3H3,(H,20,23). The summed E-state index contributed by atoms with van der Waals surface area (Å²) in [6.45, 7) is 5.53. The van der Waals surface area contributed by atoms with Gasteiger partial charge >= 0.3 is 6.03 Å². The number of hydrogen-bond donors (Lipinski definition) is 1. The highest BCUT2D eigenvalue weighted by molar-refractivity contribution is 5.89. The molecule has 0 radical (unpaired) electrons. The monoisotopic (exact) mass is 328 g/mol. The molecule has 0 unspecified atom stereocenters. The average Bonchev–Trinajstić information content (AvgIpc) is 2.96. The van der Waals surface area contributed by atoms with E-state index in [2.05, 4.69) is 36.4 Å². The topological polar surface area (TPSA) is 59.4 Å². The third-order valence-corrected chi connectivity index (χ3v) is 4.38. The second-order valence-corrected chi connectivity index (χ2v) is 6.36. The van der Waals surface area contributed by atoms with Gasteiger partial charge in [-0.3, -0.25) is 4.68 Å². The van der Waals surface area contributed by atoms with Crippen molar-refractivity contribution in [3.8, 4) is 5.75 Å². The van der Waals surface area contributed by atoms with Crippen molar-refractivity contribution in [2.24, 2.45) is 7.05 Å². The van der Waals surface area contributed by atoms with Crippen molar-refractivity contribution in [1.29, 1.82) is 0 Å². The molecule has 1 aromatic carbocycles. The lowest BCUT2D eigenvalue weighted by Gasteiger charge is -2.32. The Balaban J connectivity index is 1.53. The van der Waals surface area contributed by atoms with Crippen LogP contribution < -0.4 is 10.1 Å². The SMILES string of the molecule is Cc1cccc(C)c1OC1CCN(C(=O)Nc2cnn(C)c2)CC1. The number of aromatic nitrogens is 2. The Hall–Kier alpha value is -2.50. The number of rotatable bonds is 3. The van der Waals surface area contributed by atoms with Crippen LogP contribution >= 0.6 is 0 Å². The van der Waals surface area contributed by atoms with Gasteiger partial charge < -0.3 is 15.0 Å². The number of urea groups is 1. The van der Waals surface area contributed by atoms with Crippen LogP contribution in [0, 0.1) is 13.8 Å². The zero-order valence-electron chi connectivity index (χ0n) is 14.5. The Bertz CT molecular complexity index is 697. The van der Waals surface area contributed by atoms with E-state index in [1.54, 1.807) is 17.1 Å². The number of hydrogen-bond acceptors (Lipinski definition) is 3. The molecule has 0 atom stereocenters. The van der Waals surface area contributed by atoms with Crippen LogP contribution in [0.25, 0.3) is 0 Å². The molecule has 24 heavy (non-hydrogen) atoms. The van der Waals surface area contributed by atoms with E-state index < -0.39 is 0 Å². The summed E-state index contributed by atoms with van der Waals surface area (Å²) < 4.78 is 7.86. The van der Waals surface area contributed by atoms with Crippen LogP contribution in [0.15, 0.2) is 30.6 Å². The molecule has 0 spiro atoms. The van der Waals surface area contributed by atoms with Crippen molar-refractivity contribution in [2.75, 3.05) is 18.4 Å². The van der Waals surface area contributed by atoms with E-state index >= 15 is 0 Å². The van der Waals surface area contributed by atoms with E-state index in [1.165, 1.54) is 0 Å². The average molecular weight is 328 g/mol. The van der Waals surface area contributed by atoms with Crippen molar-refractivity contribution >= 4 is 11.7 Å². The molecule has 0 bridgehead atoms. The number of carbonyl (C=O) groups is 1. The largest absolute Gasteiger partial charge is 0.490 e. The van der Waals surface area contributed by atoms with E-state index in [0.717, 1.165) is 35.4 Å². The van der Waals surface area contributed by atoms with Gasteiger partial charge in [0.05, 0.1) is 11.9 Å². The molecule has 1 aliphatic rings. The number of ether oxygens (including phenoxy) is 1. The minimum absolute atomic E-state index is 0.0754. The first-order valence-electron chi connectivity index (χ1n) is 8.30. The van der Waals surface area contributed by atoms with Crippen molar-refractivity contribution in [1.82, 2.24) is 14.7 Å². The zero-order chi connectivity index (χ0) is 17.1. The van der Waals surface area contributed by atoms with E-state index in [0.29, 0.717) is 13.1 Å². The number of anilines is 1. The molecule has 2 aromatic rings. The molecule has 1 saturated heterocycles. The van der Waals surface area contributed by atoms with E-state index in [4.69, 9.17) is 4.74 Å². The molecule has 6 nitrogen and oxygen atoms in total. The lowest BCUT2D eigenvalue weighted by molar-refractivity contribution is 0.114. The van der Waals surface area contributed by atoms with Gasteiger partial charge in [0.1, 0.15) is 11.9 Å².